The van der Waals surface area contributed by atoms with E-state index >= 15 is 0 Å². The molecule has 1 rings (SSSR count). The highest BCUT2D eigenvalue weighted by Crippen LogP contribution is 2.15. The minimum Gasteiger partial charge on any atom is -0.479 e. The number of nitrogens with zero attached hydrogens (tertiary/aromatic N) is 1. The van der Waals surface area contributed by atoms with Gasteiger partial charge in [-0.2, -0.15) is 0 Å². The van der Waals surface area contributed by atoms with E-state index in [0.29, 0.717) is 5.13 Å². The van der Waals surface area contributed by atoms with Crippen LogP contribution in [0.4, 0.5) is 9.93 Å². The summed E-state index contributed by atoms with van der Waals surface area (Å²) in [5.41, 5.74) is -1.12. The maximum atomic E-state index is 11.4. The molecule has 0 saturated heterocycles. The summed E-state index contributed by atoms with van der Waals surface area (Å²) in [4.78, 5) is 26.1. The van der Waals surface area contributed by atoms with Crippen LogP contribution in [0.5, 0.6) is 0 Å². The number of carbonyl (C=O) groups is 2. The van der Waals surface area contributed by atoms with E-state index in [9.17, 15) is 14.7 Å². The Labute approximate surface area is 108 Å². The molecule has 0 saturated carbocycles. The molecule has 18 heavy (non-hydrogen) atoms. The normalized spacial score (nSPS) is 13.7. The summed E-state index contributed by atoms with van der Waals surface area (Å²) in [6.07, 6.45) is 0.771. The van der Waals surface area contributed by atoms with Gasteiger partial charge in [-0.15, -0.1) is 11.3 Å². The number of thiazole rings is 1. The van der Waals surface area contributed by atoms with Crippen molar-refractivity contribution < 1.29 is 19.8 Å². The number of aromatic nitrogens is 1. The first-order chi connectivity index (χ1) is 8.35. The fourth-order valence-electron chi connectivity index (χ4n) is 0.996. The fraction of sp³-hybridized carbons (Fsp3) is 0.500. The van der Waals surface area contributed by atoms with Crippen molar-refractivity contribution in [3.63, 3.8) is 0 Å². The van der Waals surface area contributed by atoms with Gasteiger partial charge in [0, 0.05) is 5.38 Å². The van der Waals surface area contributed by atoms with Gasteiger partial charge in [0.05, 0.1) is 12.2 Å². The van der Waals surface area contributed by atoms with Gasteiger partial charge in [0.15, 0.2) is 10.7 Å². The molecule has 8 heteroatoms. The van der Waals surface area contributed by atoms with Gasteiger partial charge >= 0.3 is 12.0 Å². The molecule has 1 aromatic rings. The van der Waals surface area contributed by atoms with Gasteiger partial charge in [-0.1, -0.05) is 6.92 Å². The van der Waals surface area contributed by atoms with Crippen molar-refractivity contribution >= 4 is 28.5 Å². The van der Waals surface area contributed by atoms with Crippen molar-refractivity contribution in [2.75, 3.05) is 11.9 Å². The first kappa shape index (κ1) is 14.4. The Kier molecular flexibility index (Phi) is 4.62. The van der Waals surface area contributed by atoms with Gasteiger partial charge in [0.25, 0.3) is 0 Å². The van der Waals surface area contributed by atoms with Crippen molar-refractivity contribution in [1.29, 1.82) is 0 Å². The van der Waals surface area contributed by atoms with Crippen molar-refractivity contribution in [2.45, 2.75) is 25.9 Å². The summed E-state index contributed by atoms with van der Waals surface area (Å²) in [7, 11) is 0. The number of carboxylic acid groups (broad SMARTS) is 1. The fourth-order valence-corrected chi connectivity index (χ4v) is 1.78. The Bertz CT molecular complexity index is 444. The summed E-state index contributed by atoms with van der Waals surface area (Å²) in [6, 6.07) is -0.603. The average molecular weight is 273 g/mol. The number of carbonyl (C=O) groups excluding carboxylic acids is 1. The zero-order valence-corrected chi connectivity index (χ0v) is 10.9. The number of amides is 2. The molecule has 1 atom stereocenters. The van der Waals surface area contributed by atoms with Crippen molar-refractivity contribution in [2.24, 2.45) is 0 Å². The highest BCUT2D eigenvalue weighted by molar-refractivity contribution is 7.13. The minimum atomic E-state index is -1.99. The predicted octanol–water partition coefficient (Wildman–Crippen LogP) is 0.663. The Morgan fingerprint density at radius 3 is 2.72 bits per heavy atom. The largest absolute Gasteiger partial charge is 0.479 e. The maximum absolute atomic E-state index is 11.4. The van der Waals surface area contributed by atoms with Gasteiger partial charge in [0.1, 0.15) is 0 Å². The third kappa shape index (κ3) is 3.97. The molecule has 1 heterocycles. The number of hydrogen-bond donors (Lipinski definition) is 4. The van der Waals surface area contributed by atoms with Crippen LogP contribution in [0.15, 0.2) is 5.38 Å². The highest BCUT2D eigenvalue weighted by atomic mass is 32.1. The summed E-state index contributed by atoms with van der Waals surface area (Å²) < 4.78 is 0. The third-order valence-electron chi connectivity index (χ3n) is 2.19. The summed E-state index contributed by atoms with van der Waals surface area (Å²) in [5.74, 6) is -1.40. The summed E-state index contributed by atoms with van der Waals surface area (Å²) in [5, 5.41) is 25.0. The lowest BCUT2D eigenvalue weighted by atomic mass is 10.1. The Balaban J connectivity index is 2.45. The van der Waals surface area contributed by atoms with E-state index in [4.69, 9.17) is 5.11 Å². The van der Waals surface area contributed by atoms with Gasteiger partial charge < -0.3 is 15.5 Å². The van der Waals surface area contributed by atoms with E-state index in [0.717, 1.165) is 19.0 Å². The lowest BCUT2D eigenvalue weighted by molar-refractivity contribution is -0.155. The number of carboxylic acids is 1. The Hall–Kier alpha value is -1.67. The second-order valence-corrected chi connectivity index (χ2v) is 4.74. The molecule has 4 N–H and O–H groups in total. The zero-order chi connectivity index (χ0) is 13.8. The van der Waals surface area contributed by atoms with Gasteiger partial charge in [-0.25, -0.2) is 14.6 Å². The van der Waals surface area contributed by atoms with Gasteiger partial charge in [-0.3, -0.25) is 5.32 Å². The van der Waals surface area contributed by atoms with Crippen LogP contribution in [0.25, 0.3) is 0 Å². The monoisotopic (exact) mass is 273 g/mol. The predicted molar refractivity (Wildman–Crippen MR) is 66.8 cm³/mol. The first-order valence-corrected chi connectivity index (χ1v) is 6.18. The van der Waals surface area contributed by atoms with Crippen LogP contribution in [0, 0.1) is 0 Å². The van der Waals surface area contributed by atoms with Crippen molar-refractivity contribution in [3.8, 4) is 0 Å². The molecule has 0 aliphatic rings. The quantitative estimate of drug-likeness (QED) is 0.630. The van der Waals surface area contributed by atoms with Crippen LogP contribution in [0.1, 0.15) is 19.5 Å². The molecule has 2 amide bonds. The van der Waals surface area contributed by atoms with E-state index in [-0.39, 0.29) is 6.54 Å². The lowest BCUT2D eigenvalue weighted by Crippen LogP contribution is -2.47. The standard InChI is InChI=1S/C10H15N3O4S/c1-3-6-4-18-9(12-6)13-8(16)11-5-10(2,17)7(14)15/h4,17H,3,5H2,1-2H3,(H,14,15)(H2,11,12,13,16). The number of rotatable bonds is 5. The number of urea groups is 1. The number of aryl methyl sites for hydroxylation is 1. The van der Waals surface area contributed by atoms with E-state index in [1.165, 1.54) is 11.3 Å². The summed E-state index contributed by atoms with van der Waals surface area (Å²) >= 11 is 1.28. The van der Waals surface area contributed by atoms with E-state index in [1.807, 2.05) is 12.3 Å². The second-order valence-electron chi connectivity index (χ2n) is 3.88. The van der Waals surface area contributed by atoms with Crippen LogP contribution >= 0.6 is 11.3 Å². The molecule has 0 aliphatic heterocycles. The molecule has 0 radical (unpaired) electrons. The Morgan fingerprint density at radius 1 is 1.56 bits per heavy atom. The summed E-state index contributed by atoms with van der Waals surface area (Å²) in [6.45, 7) is 2.66. The molecular formula is C10H15N3O4S. The van der Waals surface area contributed by atoms with Crippen molar-refractivity contribution in [1.82, 2.24) is 10.3 Å². The molecule has 1 unspecified atom stereocenters. The number of aliphatic hydroxyl groups is 1. The van der Waals surface area contributed by atoms with Crippen LogP contribution < -0.4 is 10.6 Å². The Morgan fingerprint density at radius 2 is 2.22 bits per heavy atom. The van der Waals surface area contributed by atoms with Crippen LogP contribution in [0.3, 0.4) is 0 Å². The second kappa shape index (κ2) is 5.78. The van der Waals surface area contributed by atoms with Gasteiger partial charge in [0.2, 0.25) is 0 Å². The molecule has 0 aliphatic carbocycles. The van der Waals surface area contributed by atoms with Crippen LogP contribution in [0.2, 0.25) is 0 Å². The van der Waals surface area contributed by atoms with E-state index < -0.39 is 17.6 Å². The third-order valence-corrected chi connectivity index (χ3v) is 2.99. The number of anilines is 1. The average Bonchev–Trinajstić information content (AvgIpc) is 2.74. The van der Waals surface area contributed by atoms with E-state index in [1.54, 1.807) is 0 Å². The van der Waals surface area contributed by atoms with E-state index in [2.05, 4.69) is 15.6 Å². The molecular weight excluding hydrogens is 258 g/mol. The molecule has 0 aromatic carbocycles. The highest BCUT2D eigenvalue weighted by Gasteiger charge is 2.30. The van der Waals surface area contributed by atoms with Crippen LogP contribution in [-0.2, 0) is 11.2 Å². The first-order valence-electron chi connectivity index (χ1n) is 5.30. The molecule has 0 spiro atoms. The maximum Gasteiger partial charge on any atom is 0.337 e. The number of aliphatic carboxylic acids is 1. The zero-order valence-electron chi connectivity index (χ0n) is 10.1. The van der Waals surface area contributed by atoms with Crippen molar-refractivity contribution in [3.05, 3.63) is 11.1 Å². The minimum absolute atomic E-state index is 0.389. The number of hydrogen-bond acceptors (Lipinski definition) is 5. The smallest absolute Gasteiger partial charge is 0.337 e. The molecule has 7 nitrogen and oxygen atoms in total. The lowest BCUT2D eigenvalue weighted by Gasteiger charge is -2.18. The topological polar surface area (TPSA) is 112 Å². The molecule has 100 valence electrons. The molecule has 0 bridgehead atoms. The van der Waals surface area contributed by atoms with Gasteiger partial charge in [-0.05, 0) is 13.3 Å². The SMILES string of the molecule is CCc1csc(NC(=O)NCC(C)(O)C(=O)O)n1. The molecule has 0 fully saturated rings. The molecule has 1 aromatic heterocycles. The van der Waals surface area contributed by atoms with Crippen LogP contribution in [-0.4, -0.2) is 39.3 Å². The number of nitrogens with one attached hydrogen (secondary N) is 2.